The van der Waals surface area contributed by atoms with E-state index in [2.05, 4.69) is 0 Å². The van der Waals surface area contributed by atoms with E-state index in [4.69, 9.17) is 10.5 Å². The lowest BCUT2D eigenvalue weighted by atomic mass is 10.0. The van der Waals surface area contributed by atoms with E-state index in [1.54, 1.807) is 6.92 Å². The van der Waals surface area contributed by atoms with Crippen molar-refractivity contribution in [2.75, 3.05) is 13.7 Å². The Morgan fingerprint density at radius 3 is 2.24 bits per heavy atom. The van der Waals surface area contributed by atoms with Crippen molar-refractivity contribution in [3.8, 4) is 0 Å². The standard InChI is InChI=1S/C12H18N2O3/c1-7-10(9(15)5-6-13)11(12(16)17-4)8(2)14(7)3/h5-6,13H2,1-4H3. The molecule has 0 saturated carbocycles. The van der Waals surface area contributed by atoms with Crippen LogP contribution in [0.4, 0.5) is 0 Å². The van der Waals surface area contributed by atoms with Crippen molar-refractivity contribution >= 4 is 11.8 Å². The van der Waals surface area contributed by atoms with Crippen LogP contribution in [-0.2, 0) is 11.8 Å². The van der Waals surface area contributed by atoms with E-state index >= 15 is 0 Å². The molecule has 17 heavy (non-hydrogen) atoms. The van der Waals surface area contributed by atoms with Gasteiger partial charge in [-0.3, -0.25) is 4.79 Å². The quantitative estimate of drug-likeness (QED) is 0.626. The first kappa shape index (κ1) is 13.4. The fraction of sp³-hybridized carbons (Fsp3) is 0.500. The SMILES string of the molecule is COC(=O)c1c(C(=O)CCN)c(C)n(C)c1C. The first-order chi connectivity index (χ1) is 7.95. The highest BCUT2D eigenvalue weighted by Crippen LogP contribution is 2.23. The zero-order chi connectivity index (χ0) is 13.2. The minimum absolute atomic E-state index is 0.117. The summed E-state index contributed by atoms with van der Waals surface area (Å²) >= 11 is 0. The normalized spacial score (nSPS) is 10.4. The molecule has 0 amide bonds. The molecule has 5 heteroatoms. The molecule has 0 spiro atoms. The molecule has 0 aliphatic heterocycles. The summed E-state index contributed by atoms with van der Waals surface area (Å²) in [6.07, 6.45) is 0.230. The van der Waals surface area contributed by atoms with Crippen LogP contribution in [0.25, 0.3) is 0 Å². The van der Waals surface area contributed by atoms with E-state index in [9.17, 15) is 9.59 Å². The van der Waals surface area contributed by atoms with Crippen molar-refractivity contribution in [3.05, 3.63) is 22.5 Å². The average molecular weight is 238 g/mol. The van der Waals surface area contributed by atoms with Gasteiger partial charge in [0.05, 0.1) is 18.2 Å². The Morgan fingerprint density at radius 1 is 1.24 bits per heavy atom. The number of nitrogens with two attached hydrogens (primary N) is 1. The summed E-state index contributed by atoms with van der Waals surface area (Å²) in [4.78, 5) is 23.7. The molecule has 0 bridgehead atoms. The predicted octanol–water partition coefficient (Wildman–Crippen LogP) is 0.960. The Labute approximate surface area is 101 Å². The minimum atomic E-state index is -0.480. The van der Waals surface area contributed by atoms with Crippen molar-refractivity contribution in [1.82, 2.24) is 4.57 Å². The fourth-order valence-corrected chi connectivity index (χ4v) is 1.90. The van der Waals surface area contributed by atoms with E-state index < -0.39 is 5.97 Å². The maximum absolute atomic E-state index is 12.0. The van der Waals surface area contributed by atoms with Gasteiger partial charge in [-0.2, -0.15) is 0 Å². The maximum Gasteiger partial charge on any atom is 0.340 e. The van der Waals surface area contributed by atoms with Crippen LogP contribution in [-0.4, -0.2) is 30.0 Å². The molecule has 0 unspecified atom stereocenters. The number of carbonyl (C=O) groups is 2. The molecule has 1 rings (SSSR count). The lowest BCUT2D eigenvalue weighted by molar-refractivity contribution is 0.0596. The summed E-state index contributed by atoms with van der Waals surface area (Å²) in [6.45, 7) is 3.87. The Morgan fingerprint density at radius 2 is 1.76 bits per heavy atom. The van der Waals surface area contributed by atoms with Gasteiger partial charge in [0.25, 0.3) is 0 Å². The first-order valence-electron chi connectivity index (χ1n) is 5.43. The molecule has 0 saturated heterocycles. The molecule has 1 aromatic heterocycles. The van der Waals surface area contributed by atoms with Gasteiger partial charge < -0.3 is 15.0 Å². The predicted molar refractivity (Wildman–Crippen MR) is 64.2 cm³/mol. The zero-order valence-corrected chi connectivity index (χ0v) is 10.7. The zero-order valence-electron chi connectivity index (χ0n) is 10.7. The number of esters is 1. The van der Waals surface area contributed by atoms with Gasteiger partial charge in [0.15, 0.2) is 5.78 Å². The maximum atomic E-state index is 12.0. The Hall–Kier alpha value is -1.62. The van der Waals surface area contributed by atoms with Crippen LogP contribution in [0.3, 0.4) is 0 Å². The smallest absolute Gasteiger partial charge is 0.340 e. The van der Waals surface area contributed by atoms with Crippen molar-refractivity contribution < 1.29 is 14.3 Å². The number of carbonyl (C=O) groups excluding carboxylic acids is 2. The van der Waals surface area contributed by atoms with Gasteiger partial charge >= 0.3 is 5.97 Å². The lowest BCUT2D eigenvalue weighted by Gasteiger charge is -2.03. The number of rotatable bonds is 4. The Kier molecular flexibility index (Phi) is 4.07. The molecular formula is C12H18N2O3. The molecule has 0 aliphatic carbocycles. The molecule has 0 atom stereocenters. The van der Waals surface area contributed by atoms with Gasteiger partial charge in [-0.1, -0.05) is 0 Å². The van der Waals surface area contributed by atoms with Crippen molar-refractivity contribution in [1.29, 1.82) is 0 Å². The molecule has 1 aromatic rings. The number of aromatic nitrogens is 1. The monoisotopic (exact) mass is 238 g/mol. The van der Waals surface area contributed by atoms with Crippen LogP contribution in [0.2, 0.25) is 0 Å². The van der Waals surface area contributed by atoms with Gasteiger partial charge in [0, 0.05) is 24.9 Å². The van der Waals surface area contributed by atoms with Crippen molar-refractivity contribution in [2.45, 2.75) is 20.3 Å². The van der Waals surface area contributed by atoms with Crippen LogP contribution in [0.1, 0.15) is 38.5 Å². The third-order valence-electron chi connectivity index (χ3n) is 3.02. The molecule has 0 aromatic carbocycles. The van der Waals surface area contributed by atoms with E-state index in [-0.39, 0.29) is 18.7 Å². The van der Waals surface area contributed by atoms with Crippen LogP contribution < -0.4 is 5.73 Å². The van der Waals surface area contributed by atoms with Gasteiger partial charge in [-0.25, -0.2) is 4.79 Å². The molecule has 5 nitrogen and oxygen atoms in total. The van der Waals surface area contributed by atoms with Gasteiger partial charge in [-0.15, -0.1) is 0 Å². The molecule has 0 fully saturated rings. The third-order valence-corrected chi connectivity index (χ3v) is 3.02. The molecule has 0 aliphatic rings. The van der Waals surface area contributed by atoms with Crippen molar-refractivity contribution in [2.24, 2.45) is 12.8 Å². The fourth-order valence-electron chi connectivity index (χ4n) is 1.90. The summed E-state index contributed by atoms with van der Waals surface area (Å²) in [5, 5.41) is 0. The average Bonchev–Trinajstić information content (AvgIpc) is 2.53. The summed E-state index contributed by atoms with van der Waals surface area (Å²) < 4.78 is 6.53. The van der Waals surface area contributed by atoms with E-state index in [1.807, 2.05) is 18.5 Å². The second kappa shape index (κ2) is 5.14. The topological polar surface area (TPSA) is 74.3 Å². The number of ketones is 1. The summed E-state index contributed by atoms with van der Waals surface area (Å²) in [6, 6.07) is 0. The number of nitrogens with zero attached hydrogens (tertiary/aromatic N) is 1. The Bertz CT molecular complexity index is 461. The van der Waals surface area contributed by atoms with Crippen LogP contribution in [0, 0.1) is 13.8 Å². The van der Waals surface area contributed by atoms with E-state index in [0.717, 1.165) is 11.4 Å². The number of Topliss-reactive ketones (excluding diaryl/α,β-unsaturated/α-hetero) is 1. The number of hydrogen-bond donors (Lipinski definition) is 1. The number of ether oxygens (including phenoxy) is 1. The summed E-state index contributed by atoms with van der Waals surface area (Å²) in [5.41, 5.74) is 7.66. The number of hydrogen-bond acceptors (Lipinski definition) is 4. The van der Waals surface area contributed by atoms with Gasteiger partial charge in [-0.05, 0) is 20.4 Å². The minimum Gasteiger partial charge on any atom is -0.465 e. The van der Waals surface area contributed by atoms with Crippen LogP contribution in [0.5, 0.6) is 0 Å². The summed E-state index contributed by atoms with van der Waals surface area (Å²) in [7, 11) is 3.12. The molecule has 94 valence electrons. The highest BCUT2D eigenvalue weighted by atomic mass is 16.5. The highest BCUT2D eigenvalue weighted by molar-refractivity contribution is 6.08. The highest BCUT2D eigenvalue weighted by Gasteiger charge is 2.26. The summed E-state index contributed by atoms with van der Waals surface area (Å²) in [5.74, 6) is -0.597. The van der Waals surface area contributed by atoms with Crippen LogP contribution in [0.15, 0.2) is 0 Å². The van der Waals surface area contributed by atoms with Crippen molar-refractivity contribution in [3.63, 3.8) is 0 Å². The van der Waals surface area contributed by atoms with Gasteiger partial charge in [0.2, 0.25) is 0 Å². The molecule has 0 radical (unpaired) electrons. The second-order valence-electron chi connectivity index (χ2n) is 3.93. The second-order valence-corrected chi connectivity index (χ2v) is 3.93. The van der Waals surface area contributed by atoms with E-state index in [0.29, 0.717) is 11.1 Å². The number of methoxy groups -OCH3 is 1. The Balaban J connectivity index is 3.41. The van der Waals surface area contributed by atoms with Gasteiger partial charge in [0.1, 0.15) is 0 Å². The molecule has 1 heterocycles. The third kappa shape index (κ3) is 2.24. The van der Waals surface area contributed by atoms with E-state index in [1.165, 1.54) is 7.11 Å². The molecule has 2 N–H and O–H groups in total. The lowest BCUT2D eigenvalue weighted by Crippen LogP contribution is -2.13. The van der Waals surface area contributed by atoms with Crippen LogP contribution >= 0.6 is 0 Å². The largest absolute Gasteiger partial charge is 0.465 e. The first-order valence-corrected chi connectivity index (χ1v) is 5.43. The molecular weight excluding hydrogens is 220 g/mol.